The van der Waals surface area contributed by atoms with Gasteiger partial charge in [-0.25, -0.2) is 14.5 Å². The van der Waals surface area contributed by atoms with Crippen molar-refractivity contribution in [3.63, 3.8) is 0 Å². The van der Waals surface area contributed by atoms with Gasteiger partial charge in [0.1, 0.15) is 24.0 Å². The van der Waals surface area contributed by atoms with E-state index in [0.29, 0.717) is 27.7 Å². The molecule has 0 saturated heterocycles. The first-order valence-corrected chi connectivity index (χ1v) is 8.57. The molecule has 9 heteroatoms. The Morgan fingerprint density at radius 3 is 2.86 bits per heavy atom. The van der Waals surface area contributed by atoms with Crippen molar-refractivity contribution in [3.8, 4) is 11.4 Å². The summed E-state index contributed by atoms with van der Waals surface area (Å²) in [7, 11) is 0. The zero-order valence-electron chi connectivity index (χ0n) is 14.3. The van der Waals surface area contributed by atoms with Crippen molar-refractivity contribution in [2.75, 3.05) is 11.9 Å². The van der Waals surface area contributed by atoms with Crippen molar-refractivity contribution in [2.45, 2.75) is 0 Å². The number of carbonyl (C=O) groups is 1. The van der Waals surface area contributed by atoms with E-state index in [-0.39, 0.29) is 6.61 Å². The third-order valence-corrected chi connectivity index (χ3v) is 4.10. The van der Waals surface area contributed by atoms with Gasteiger partial charge in [0.15, 0.2) is 6.61 Å². The van der Waals surface area contributed by atoms with Gasteiger partial charge in [-0.15, -0.1) is 0 Å². The molecule has 0 aliphatic heterocycles. The lowest BCUT2D eigenvalue weighted by Crippen LogP contribution is -2.21. The highest BCUT2D eigenvalue weighted by atomic mass is 35.5. The maximum absolute atomic E-state index is 12.3. The number of hydrogen-bond acceptors (Lipinski definition) is 6. The lowest BCUT2D eigenvalue weighted by Gasteiger charge is -2.12. The number of aromatic nitrogens is 3. The molecule has 0 aliphatic rings. The van der Waals surface area contributed by atoms with Gasteiger partial charge in [-0.1, -0.05) is 11.6 Å². The highest BCUT2D eigenvalue weighted by molar-refractivity contribution is 6.31. The highest BCUT2D eigenvalue weighted by Gasteiger charge is 2.11. The molecular weight excluding hydrogens is 384 g/mol. The van der Waals surface area contributed by atoms with Crippen LogP contribution in [-0.4, -0.2) is 27.3 Å². The van der Waals surface area contributed by atoms with Crippen molar-refractivity contribution in [1.82, 2.24) is 14.8 Å². The van der Waals surface area contributed by atoms with Crippen LogP contribution in [0.4, 0.5) is 5.69 Å². The first-order chi connectivity index (χ1) is 13.6. The summed E-state index contributed by atoms with van der Waals surface area (Å²) >= 11 is 6.04. The number of amides is 1. The van der Waals surface area contributed by atoms with Gasteiger partial charge in [-0.05, 0) is 36.4 Å². The minimum atomic E-state index is -0.455. The van der Waals surface area contributed by atoms with Crippen LogP contribution in [0.15, 0.2) is 70.4 Å². The summed E-state index contributed by atoms with van der Waals surface area (Å²) in [6.07, 6.45) is 2.90. The Labute approximate surface area is 163 Å². The Balaban J connectivity index is 1.48. The summed E-state index contributed by atoms with van der Waals surface area (Å²) in [4.78, 5) is 27.6. The third kappa shape index (κ3) is 3.86. The maximum Gasteiger partial charge on any atom is 0.336 e. The average Bonchev–Trinajstić information content (AvgIpc) is 3.20. The number of hydrogen-bond donors (Lipinski definition) is 1. The fourth-order valence-electron chi connectivity index (χ4n) is 2.61. The monoisotopic (exact) mass is 396 g/mol. The van der Waals surface area contributed by atoms with Crippen molar-refractivity contribution < 1.29 is 13.9 Å². The molecule has 28 heavy (non-hydrogen) atoms. The van der Waals surface area contributed by atoms with E-state index < -0.39 is 11.5 Å². The SMILES string of the molecule is O=C(COc1ccc2ccc(=O)oc2c1)Nc1cc(Cl)ccc1-n1cncn1. The van der Waals surface area contributed by atoms with E-state index >= 15 is 0 Å². The van der Waals surface area contributed by atoms with Gasteiger partial charge in [0, 0.05) is 22.5 Å². The molecule has 0 spiro atoms. The van der Waals surface area contributed by atoms with Crippen LogP contribution < -0.4 is 15.7 Å². The molecule has 0 saturated carbocycles. The molecule has 0 atom stereocenters. The third-order valence-electron chi connectivity index (χ3n) is 3.86. The number of nitrogens with one attached hydrogen (secondary N) is 1. The number of benzene rings is 2. The number of nitrogens with zero attached hydrogens (tertiary/aromatic N) is 3. The molecule has 4 aromatic rings. The molecule has 0 unspecified atom stereocenters. The van der Waals surface area contributed by atoms with Gasteiger partial charge in [-0.2, -0.15) is 5.10 Å². The summed E-state index contributed by atoms with van der Waals surface area (Å²) in [5.74, 6) is 0.0119. The first kappa shape index (κ1) is 17.7. The van der Waals surface area contributed by atoms with Gasteiger partial charge in [0.05, 0.1) is 11.4 Å². The number of carbonyl (C=O) groups excluding carboxylic acids is 1. The van der Waals surface area contributed by atoms with Gasteiger partial charge in [0.25, 0.3) is 5.91 Å². The predicted octanol–water partition coefficient (Wildman–Crippen LogP) is 3.04. The summed E-state index contributed by atoms with van der Waals surface area (Å²) in [5, 5.41) is 8.02. The molecule has 1 N–H and O–H groups in total. The molecule has 4 rings (SSSR count). The quantitative estimate of drug-likeness (QED) is 0.520. The Hall–Kier alpha value is -3.65. The predicted molar refractivity (Wildman–Crippen MR) is 103 cm³/mol. The van der Waals surface area contributed by atoms with Crippen molar-refractivity contribution in [3.05, 3.63) is 76.6 Å². The molecule has 2 aromatic heterocycles. The highest BCUT2D eigenvalue weighted by Crippen LogP contribution is 2.24. The Morgan fingerprint density at radius 2 is 2.04 bits per heavy atom. The topological polar surface area (TPSA) is 99.2 Å². The van der Waals surface area contributed by atoms with Gasteiger partial charge >= 0.3 is 5.63 Å². The van der Waals surface area contributed by atoms with E-state index in [1.807, 2.05) is 0 Å². The Kier molecular flexibility index (Phi) is 4.77. The van der Waals surface area contributed by atoms with E-state index in [0.717, 1.165) is 5.39 Å². The molecular formula is C19H13ClN4O4. The average molecular weight is 397 g/mol. The maximum atomic E-state index is 12.3. The number of halogens is 1. The Bertz CT molecular complexity index is 1200. The van der Waals surface area contributed by atoms with Crippen LogP contribution in [0.25, 0.3) is 16.7 Å². The normalized spacial score (nSPS) is 10.8. The fraction of sp³-hybridized carbons (Fsp3) is 0.0526. The smallest absolute Gasteiger partial charge is 0.336 e. The van der Waals surface area contributed by atoms with Crippen LogP contribution in [0.2, 0.25) is 5.02 Å². The first-order valence-electron chi connectivity index (χ1n) is 8.19. The van der Waals surface area contributed by atoms with Crippen LogP contribution in [0, 0.1) is 0 Å². The van der Waals surface area contributed by atoms with E-state index in [1.165, 1.54) is 23.4 Å². The van der Waals surface area contributed by atoms with Crippen molar-refractivity contribution in [1.29, 1.82) is 0 Å². The Morgan fingerprint density at radius 1 is 1.18 bits per heavy atom. The standard InChI is InChI=1S/C19H13ClN4O4/c20-13-3-5-16(24-11-21-10-22-24)15(7-13)23-18(25)9-27-14-4-1-12-2-6-19(26)28-17(12)8-14/h1-8,10-11H,9H2,(H,23,25). The molecule has 2 aromatic carbocycles. The largest absolute Gasteiger partial charge is 0.484 e. The molecule has 0 bridgehead atoms. The van der Waals surface area contributed by atoms with E-state index in [1.54, 1.807) is 42.5 Å². The fourth-order valence-corrected chi connectivity index (χ4v) is 2.78. The van der Waals surface area contributed by atoms with Crippen LogP contribution in [0.3, 0.4) is 0 Å². The second kappa shape index (κ2) is 7.53. The van der Waals surface area contributed by atoms with E-state index in [9.17, 15) is 9.59 Å². The lowest BCUT2D eigenvalue weighted by atomic mass is 10.2. The number of fused-ring (bicyclic) bond motifs is 1. The zero-order valence-corrected chi connectivity index (χ0v) is 15.1. The second-order valence-corrected chi connectivity index (χ2v) is 6.23. The van der Waals surface area contributed by atoms with E-state index in [4.69, 9.17) is 20.8 Å². The second-order valence-electron chi connectivity index (χ2n) is 5.79. The van der Waals surface area contributed by atoms with Crippen LogP contribution in [0.5, 0.6) is 5.75 Å². The van der Waals surface area contributed by atoms with Gasteiger partial charge in [0.2, 0.25) is 0 Å². The van der Waals surface area contributed by atoms with Gasteiger partial charge < -0.3 is 14.5 Å². The van der Waals surface area contributed by atoms with Crippen LogP contribution >= 0.6 is 11.6 Å². The minimum absolute atomic E-state index is 0.244. The number of anilines is 1. The number of rotatable bonds is 5. The number of ether oxygens (including phenoxy) is 1. The van der Waals surface area contributed by atoms with Crippen molar-refractivity contribution in [2.24, 2.45) is 0 Å². The minimum Gasteiger partial charge on any atom is -0.484 e. The molecule has 140 valence electrons. The summed E-state index contributed by atoms with van der Waals surface area (Å²) in [6.45, 7) is -0.244. The zero-order chi connectivity index (χ0) is 19.5. The summed E-state index contributed by atoms with van der Waals surface area (Å²) < 4.78 is 12.1. The van der Waals surface area contributed by atoms with Crippen molar-refractivity contribution >= 4 is 34.2 Å². The van der Waals surface area contributed by atoms with Crippen LogP contribution in [-0.2, 0) is 4.79 Å². The molecule has 8 nitrogen and oxygen atoms in total. The molecule has 0 aliphatic carbocycles. The molecule has 0 radical (unpaired) electrons. The summed E-state index contributed by atoms with van der Waals surface area (Å²) in [5.41, 5.74) is 1.01. The summed E-state index contributed by atoms with van der Waals surface area (Å²) in [6, 6.07) is 13.0. The lowest BCUT2D eigenvalue weighted by molar-refractivity contribution is -0.118. The van der Waals surface area contributed by atoms with Gasteiger partial charge in [-0.3, -0.25) is 4.79 Å². The van der Waals surface area contributed by atoms with E-state index in [2.05, 4.69) is 15.4 Å². The molecule has 2 heterocycles. The molecule has 1 amide bonds. The van der Waals surface area contributed by atoms with Crippen LogP contribution in [0.1, 0.15) is 0 Å². The molecule has 0 fully saturated rings.